The number of carboxylic acids is 2. The van der Waals surface area contributed by atoms with Gasteiger partial charge in [-0.3, -0.25) is 9.59 Å². The van der Waals surface area contributed by atoms with Gasteiger partial charge in [-0.2, -0.15) is 0 Å². The lowest BCUT2D eigenvalue weighted by Crippen LogP contribution is -1.93. The molecule has 1 aliphatic carbocycles. The van der Waals surface area contributed by atoms with Crippen LogP contribution in [0.2, 0.25) is 0 Å². The van der Waals surface area contributed by atoms with Crippen LogP contribution in [0.25, 0.3) is 0 Å². The van der Waals surface area contributed by atoms with Gasteiger partial charge in [0.15, 0.2) is 0 Å². The number of hydrogen-bond donors (Lipinski definition) is 2. The largest absolute Gasteiger partial charge is 0.481 e. The molecule has 0 spiro atoms. The van der Waals surface area contributed by atoms with Crippen LogP contribution in [0.1, 0.15) is 129 Å². The fraction of sp³-hybridized carbons (Fsp3) is 0.833. The van der Waals surface area contributed by atoms with Crippen LogP contribution in [0.3, 0.4) is 0 Å². The van der Waals surface area contributed by atoms with E-state index in [9.17, 15) is 9.59 Å². The third kappa shape index (κ3) is 32.4. The van der Waals surface area contributed by atoms with E-state index in [-0.39, 0.29) is 0 Å². The second kappa shape index (κ2) is 25.7. The number of allylic oxidation sites excluding steroid dienone is 2. The van der Waals surface area contributed by atoms with E-state index in [0.717, 1.165) is 25.7 Å². The number of aliphatic carboxylic acids is 2. The Bertz CT molecular complexity index is 330. The normalized spacial score (nSPS) is 12.4. The van der Waals surface area contributed by atoms with Gasteiger partial charge < -0.3 is 10.2 Å². The summed E-state index contributed by atoms with van der Waals surface area (Å²) in [6.45, 7) is 4.36. The van der Waals surface area contributed by atoms with E-state index in [2.05, 4.69) is 26.0 Å². The Kier molecular flexibility index (Phi) is 26.5. The van der Waals surface area contributed by atoms with Gasteiger partial charge in [0.05, 0.1) is 0 Å². The Labute approximate surface area is 173 Å². The molecular formula is C24H46O4. The van der Waals surface area contributed by atoms with Crippen LogP contribution in [0.4, 0.5) is 0 Å². The summed E-state index contributed by atoms with van der Waals surface area (Å²) in [5, 5.41) is 16.6. The zero-order chi connectivity index (χ0) is 21.3. The molecule has 0 aromatic rings. The quantitative estimate of drug-likeness (QED) is 0.231. The standard InChI is InChI=1S/2C9H18O2.C6H10/c2*1-2-3-4-5-6-7-8-9(10)11;1-2-4-6-5-3-1/h2*2-8H2,1H3,(H,10,11);1-2H,3-6H2. The highest BCUT2D eigenvalue weighted by molar-refractivity contribution is 5.66. The molecule has 0 atom stereocenters. The summed E-state index contributed by atoms with van der Waals surface area (Å²) in [6, 6.07) is 0. The molecule has 2 N–H and O–H groups in total. The van der Waals surface area contributed by atoms with E-state index < -0.39 is 11.9 Å². The molecule has 0 fully saturated rings. The molecule has 1 rings (SSSR count). The van der Waals surface area contributed by atoms with Crippen LogP contribution >= 0.6 is 0 Å². The van der Waals surface area contributed by atoms with E-state index >= 15 is 0 Å². The highest BCUT2D eigenvalue weighted by Crippen LogP contribution is 2.08. The van der Waals surface area contributed by atoms with Crippen molar-refractivity contribution in [3.05, 3.63) is 12.2 Å². The van der Waals surface area contributed by atoms with Crippen molar-refractivity contribution >= 4 is 11.9 Å². The Morgan fingerprint density at radius 1 is 0.607 bits per heavy atom. The van der Waals surface area contributed by atoms with E-state index in [1.54, 1.807) is 0 Å². The number of carbonyl (C=O) groups is 2. The summed E-state index contributed by atoms with van der Waals surface area (Å²) in [6.07, 6.45) is 24.5. The molecular weight excluding hydrogens is 352 g/mol. The first-order valence-electron chi connectivity index (χ1n) is 11.6. The average molecular weight is 399 g/mol. The topological polar surface area (TPSA) is 74.6 Å². The van der Waals surface area contributed by atoms with Gasteiger partial charge in [0.2, 0.25) is 0 Å². The monoisotopic (exact) mass is 398 g/mol. The van der Waals surface area contributed by atoms with Crippen molar-refractivity contribution in [1.82, 2.24) is 0 Å². The van der Waals surface area contributed by atoms with Crippen molar-refractivity contribution in [2.75, 3.05) is 0 Å². The van der Waals surface area contributed by atoms with Crippen molar-refractivity contribution in [3.63, 3.8) is 0 Å². The van der Waals surface area contributed by atoms with Crippen LogP contribution in [0, 0.1) is 0 Å². The van der Waals surface area contributed by atoms with Crippen LogP contribution in [-0.4, -0.2) is 22.2 Å². The first-order valence-corrected chi connectivity index (χ1v) is 11.6. The Morgan fingerprint density at radius 3 is 1.18 bits per heavy atom. The molecule has 4 heteroatoms. The summed E-state index contributed by atoms with van der Waals surface area (Å²) in [7, 11) is 0. The molecule has 0 bridgehead atoms. The van der Waals surface area contributed by atoms with Crippen LogP contribution < -0.4 is 0 Å². The average Bonchev–Trinajstić information content (AvgIpc) is 2.69. The minimum Gasteiger partial charge on any atom is -0.481 e. The van der Waals surface area contributed by atoms with Crippen molar-refractivity contribution in [1.29, 1.82) is 0 Å². The lowest BCUT2D eigenvalue weighted by molar-refractivity contribution is -0.138. The van der Waals surface area contributed by atoms with Gasteiger partial charge >= 0.3 is 11.9 Å². The number of rotatable bonds is 14. The van der Waals surface area contributed by atoms with Gasteiger partial charge in [-0.05, 0) is 38.5 Å². The Hall–Kier alpha value is -1.32. The molecule has 28 heavy (non-hydrogen) atoms. The molecule has 1 aliphatic rings. The second-order valence-electron chi connectivity index (χ2n) is 7.58. The SMILES string of the molecule is C1=CCCCC1.CCCCCCCCC(=O)O.CCCCCCCCC(=O)O. The Morgan fingerprint density at radius 2 is 0.929 bits per heavy atom. The molecule has 4 nitrogen and oxygen atoms in total. The zero-order valence-electron chi connectivity index (χ0n) is 18.6. The fourth-order valence-corrected chi connectivity index (χ4v) is 2.87. The van der Waals surface area contributed by atoms with Crippen molar-refractivity contribution in [2.24, 2.45) is 0 Å². The molecule has 0 aromatic carbocycles. The zero-order valence-corrected chi connectivity index (χ0v) is 18.6. The minimum atomic E-state index is -0.666. The summed E-state index contributed by atoms with van der Waals surface area (Å²) in [4.78, 5) is 20.2. The summed E-state index contributed by atoms with van der Waals surface area (Å²) in [5.41, 5.74) is 0. The smallest absolute Gasteiger partial charge is 0.303 e. The summed E-state index contributed by atoms with van der Waals surface area (Å²) >= 11 is 0. The molecule has 0 aliphatic heterocycles. The van der Waals surface area contributed by atoms with Gasteiger partial charge in [0, 0.05) is 12.8 Å². The molecule has 0 radical (unpaired) electrons. The minimum absolute atomic E-state index is 0.339. The molecule has 0 saturated heterocycles. The maximum atomic E-state index is 10.1. The molecule has 0 unspecified atom stereocenters. The molecule has 166 valence electrons. The maximum Gasteiger partial charge on any atom is 0.303 e. The fourth-order valence-electron chi connectivity index (χ4n) is 2.87. The van der Waals surface area contributed by atoms with Crippen molar-refractivity contribution in [3.8, 4) is 0 Å². The highest BCUT2D eigenvalue weighted by atomic mass is 16.4. The van der Waals surface area contributed by atoms with Gasteiger partial charge in [0.25, 0.3) is 0 Å². The van der Waals surface area contributed by atoms with E-state index in [1.165, 1.54) is 77.0 Å². The van der Waals surface area contributed by atoms with Gasteiger partial charge in [0.1, 0.15) is 0 Å². The van der Waals surface area contributed by atoms with Crippen LogP contribution in [0.5, 0.6) is 0 Å². The van der Waals surface area contributed by atoms with E-state index in [1.807, 2.05) is 0 Å². The van der Waals surface area contributed by atoms with Crippen molar-refractivity contribution in [2.45, 2.75) is 129 Å². The van der Waals surface area contributed by atoms with E-state index in [0.29, 0.717) is 12.8 Å². The number of unbranched alkanes of at least 4 members (excludes halogenated alkanes) is 10. The number of hydrogen-bond acceptors (Lipinski definition) is 2. The van der Waals surface area contributed by atoms with Crippen LogP contribution in [-0.2, 0) is 9.59 Å². The highest BCUT2D eigenvalue weighted by Gasteiger charge is 1.96. The Balaban J connectivity index is 0. The second-order valence-corrected chi connectivity index (χ2v) is 7.58. The predicted octanol–water partition coefficient (Wildman–Crippen LogP) is 7.76. The van der Waals surface area contributed by atoms with Crippen molar-refractivity contribution < 1.29 is 19.8 Å². The molecule has 0 aromatic heterocycles. The van der Waals surface area contributed by atoms with Crippen LogP contribution in [0.15, 0.2) is 12.2 Å². The number of carboxylic acid groups (broad SMARTS) is 2. The maximum absolute atomic E-state index is 10.1. The summed E-state index contributed by atoms with van der Waals surface area (Å²) in [5.74, 6) is -1.33. The lowest BCUT2D eigenvalue weighted by Gasteiger charge is -1.97. The third-order valence-corrected chi connectivity index (χ3v) is 4.65. The lowest BCUT2D eigenvalue weighted by atomic mass is 10.1. The van der Waals surface area contributed by atoms with Gasteiger partial charge in [-0.15, -0.1) is 0 Å². The molecule has 0 saturated carbocycles. The van der Waals surface area contributed by atoms with Gasteiger partial charge in [-0.25, -0.2) is 0 Å². The molecule has 0 heterocycles. The van der Waals surface area contributed by atoms with E-state index in [4.69, 9.17) is 10.2 Å². The third-order valence-electron chi connectivity index (χ3n) is 4.65. The first kappa shape index (κ1) is 28.9. The first-order chi connectivity index (χ1) is 13.5. The van der Waals surface area contributed by atoms with Gasteiger partial charge in [-0.1, -0.05) is 90.2 Å². The molecule has 0 amide bonds. The summed E-state index contributed by atoms with van der Waals surface area (Å²) < 4.78 is 0. The predicted molar refractivity (Wildman–Crippen MR) is 119 cm³/mol.